The molecule has 72 valence electrons. The summed E-state index contributed by atoms with van der Waals surface area (Å²) in [6.07, 6.45) is 2.30. The van der Waals surface area contributed by atoms with Crippen LogP contribution in [0, 0.1) is 11.7 Å². The van der Waals surface area contributed by atoms with E-state index in [9.17, 15) is 4.39 Å². The Morgan fingerprint density at radius 1 is 1.31 bits per heavy atom. The molecule has 1 aliphatic carbocycles. The van der Waals surface area contributed by atoms with Crippen molar-refractivity contribution in [3.8, 4) is 0 Å². The second-order valence-electron chi connectivity index (χ2n) is 3.38. The maximum atomic E-state index is 13.1. The number of hydrogen-bond acceptors (Lipinski definition) is 1. The Morgan fingerprint density at radius 3 is 2.46 bits per heavy atom. The van der Waals surface area contributed by atoms with Gasteiger partial charge in [0.2, 0.25) is 0 Å². The van der Waals surface area contributed by atoms with Crippen LogP contribution in [0.2, 0.25) is 0 Å². The van der Waals surface area contributed by atoms with E-state index in [1.54, 1.807) is 12.1 Å². The van der Waals surface area contributed by atoms with Crippen molar-refractivity contribution in [2.24, 2.45) is 11.7 Å². The lowest BCUT2D eigenvalue weighted by Crippen LogP contribution is -2.13. The highest BCUT2D eigenvalue weighted by molar-refractivity contribution is 5.85. The molecule has 0 spiro atoms. The molecule has 0 amide bonds. The third-order valence-electron chi connectivity index (χ3n) is 2.39. The smallest absolute Gasteiger partial charge is 0.127 e. The second-order valence-corrected chi connectivity index (χ2v) is 3.38. The van der Waals surface area contributed by atoms with Crippen LogP contribution in [-0.2, 0) is 0 Å². The molecule has 1 aliphatic rings. The molecule has 2 N–H and O–H groups in total. The molecule has 1 atom stereocenters. The van der Waals surface area contributed by atoms with Crippen molar-refractivity contribution in [3.05, 3.63) is 35.6 Å². The highest BCUT2D eigenvalue weighted by atomic mass is 35.5. The normalized spacial score (nSPS) is 17.7. The molecule has 0 aromatic heterocycles. The zero-order valence-corrected chi connectivity index (χ0v) is 8.06. The predicted molar refractivity (Wildman–Crippen MR) is 53.3 cm³/mol. The van der Waals surface area contributed by atoms with Crippen LogP contribution >= 0.6 is 12.4 Å². The lowest BCUT2D eigenvalue weighted by atomic mass is 10.0. The fraction of sp³-hybridized carbons (Fsp3) is 0.400. The van der Waals surface area contributed by atoms with E-state index >= 15 is 0 Å². The molecule has 2 rings (SSSR count). The molecule has 0 bridgehead atoms. The van der Waals surface area contributed by atoms with Gasteiger partial charge in [-0.1, -0.05) is 18.2 Å². The molecule has 1 saturated carbocycles. The second kappa shape index (κ2) is 4.07. The number of halogens is 2. The SMILES string of the molecule is Cl.N[C@H](c1ccccc1F)C1CC1. The van der Waals surface area contributed by atoms with Crippen molar-refractivity contribution in [3.63, 3.8) is 0 Å². The van der Waals surface area contributed by atoms with Gasteiger partial charge >= 0.3 is 0 Å². The van der Waals surface area contributed by atoms with E-state index in [2.05, 4.69) is 0 Å². The van der Waals surface area contributed by atoms with Crippen LogP contribution in [0.1, 0.15) is 24.4 Å². The Kier molecular flexibility index (Phi) is 3.28. The fourth-order valence-electron chi connectivity index (χ4n) is 1.45. The van der Waals surface area contributed by atoms with E-state index in [0.29, 0.717) is 11.5 Å². The number of nitrogens with two attached hydrogens (primary N) is 1. The van der Waals surface area contributed by atoms with Gasteiger partial charge in [0, 0.05) is 11.6 Å². The summed E-state index contributed by atoms with van der Waals surface area (Å²) in [5.74, 6) is 0.346. The molecule has 1 aromatic rings. The van der Waals surface area contributed by atoms with Gasteiger partial charge in [0.05, 0.1) is 0 Å². The molecule has 0 unspecified atom stereocenters. The Bertz CT molecular complexity index is 286. The molecule has 1 fully saturated rings. The minimum atomic E-state index is -0.170. The van der Waals surface area contributed by atoms with Crippen LogP contribution in [0.25, 0.3) is 0 Å². The maximum Gasteiger partial charge on any atom is 0.127 e. The lowest BCUT2D eigenvalue weighted by Gasteiger charge is -2.10. The third kappa shape index (κ3) is 2.20. The molecule has 1 aromatic carbocycles. The summed E-state index contributed by atoms with van der Waals surface area (Å²) < 4.78 is 13.1. The Morgan fingerprint density at radius 2 is 1.92 bits per heavy atom. The molecule has 0 heterocycles. The molecular weight excluding hydrogens is 189 g/mol. The highest BCUT2D eigenvalue weighted by Crippen LogP contribution is 2.39. The van der Waals surface area contributed by atoms with Gasteiger partial charge < -0.3 is 5.73 Å². The molecule has 0 saturated heterocycles. The Balaban J connectivity index is 0.000000845. The Hall–Kier alpha value is -0.600. The molecular formula is C10H13ClFN. The van der Waals surface area contributed by atoms with Gasteiger partial charge in [-0.2, -0.15) is 0 Å². The fourth-order valence-corrected chi connectivity index (χ4v) is 1.45. The topological polar surface area (TPSA) is 26.0 Å². The molecule has 0 radical (unpaired) electrons. The van der Waals surface area contributed by atoms with E-state index in [1.807, 2.05) is 6.07 Å². The van der Waals surface area contributed by atoms with Crippen molar-refractivity contribution < 1.29 is 4.39 Å². The van der Waals surface area contributed by atoms with Gasteiger partial charge in [0.15, 0.2) is 0 Å². The lowest BCUT2D eigenvalue weighted by molar-refractivity contribution is 0.554. The predicted octanol–water partition coefficient (Wildman–Crippen LogP) is 2.66. The maximum absolute atomic E-state index is 13.1. The van der Waals surface area contributed by atoms with E-state index in [0.717, 1.165) is 12.8 Å². The summed E-state index contributed by atoms with van der Waals surface area (Å²) in [7, 11) is 0. The van der Waals surface area contributed by atoms with Gasteiger partial charge in [-0.25, -0.2) is 4.39 Å². The highest BCUT2D eigenvalue weighted by Gasteiger charge is 2.30. The molecule has 3 heteroatoms. The van der Waals surface area contributed by atoms with Gasteiger partial charge in [-0.15, -0.1) is 12.4 Å². The molecule has 1 nitrogen and oxygen atoms in total. The number of hydrogen-bond donors (Lipinski definition) is 1. The summed E-state index contributed by atoms with van der Waals surface area (Å²) >= 11 is 0. The first-order valence-corrected chi connectivity index (χ1v) is 4.29. The zero-order valence-electron chi connectivity index (χ0n) is 7.24. The summed E-state index contributed by atoms with van der Waals surface area (Å²) in [5, 5.41) is 0. The number of benzene rings is 1. The first-order valence-electron chi connectivity index (χ1n) is 4.29. The summed E-state index contributed by atoms with van der Waals surface area (Å²) in [5.41, 5.74) is 6.53. The van der Waals surface area contributed by atoms with Gasteiger partial charge in [0.25, 0.3) is 0 Å². The van der Waals surface area contributed by atoms with Crippen molar-refractivity contribution in [1.82, 2.24) is 0 Å². The van der Waals surface area contributed by atoms with E-state index < -0.39 is 0 Å². The average molecular weight is 202 g/mol. The largest absolute Gasteiger partial charge is 0.324 e. The van der Waals surface area contributed by atoms with Gasteiger partial charge in [0.1, 0.15) is 5.82 Å². The molecule has 0 aliphatic heterocycles. The first kappa shape index (κ1) is 10.5. The van der Waals surface area contributed by atoms with E-state index in [1.165, 1.54) is 6.07 Å². The van der Waals surface area contributed by atoms with E-state index in [4.69, 9.17) is 5.73 Å². The van der Waals surface area contributed by atoms with Crippen molar-refractivity contribution in [2.75, 3.05) is 0 Å². The quantitative estimate of drug-likeness (QED) is 0.782. The van der Waals surface area contributed by atoms with Crippen LogP contribution in [0.3, 0.4) is 0 Å². The number of rotatable bonds is 2. The van der Waals surface area contributed by atoms with Crippen LogP contribution in [0.5, 0.6) is 0 Å². The minimum absolute atomic E-state index is 0. The van der Waals surface area contributed by atoms with Crippen molar-refractivity contribution in [1.29, 1.82) is 0 Å². The summed E-state index contributed by atoms with van der Waals surface area (Å²) in [4.78, 5) is 0. The molecule has 13 heavy (non-hydrogen) atoms. The standard InChI is InChI=1S/C10H12FN.ClH/c11-9-4-2-1-3-8(9)10(12)7-5-6-7;/h1-4,7,10H,5-6,12H2;1H/t10-;/m0./s1. The average Bonchev–Trinajstić information content (AvgIpc) is 2.86. The summed E-state index contributed by atoms with van der Waals surface area (Å²) in [6.45, 7) is 0. The minimum Gasteiger partial charge on any atom is -0.324 e. The zero-order chi connectivity index (χ0) is 8.55. The third-order valence-corrected chi connectivity index (χ3v) is 2.39. The van der Waals surface area contributed by atoms with Crippen molar-refractivity contribution in [2.45, 2.75) is 18.9 Å². The van der Waals surface area contributed by atoms with Gasteiger partial charge in [-0.05, 0) is 24.8 Å². The Labute approximate surface area is 83.5 Å². The van der Waals surface area contributed by atoms with Crippen LogP contribution in [-0.4, -0.2) is 0 Å². The summed E-state index contributed by atoms with van der Waals surface area (Å²) in [6, 6.07) is 6.68. The van der Waals surface area contributed by atoms with Gasteiger partial charge in [-0.3, -0.25) is 0 Å². The van der Waals surface area contributed by atoms with E-state index in [-0.39, 0.29) is 24.3 Å². The van der Waals surface area contributed by atoms with Crippen LogP contribution in [0.15, 0.2) is 24.3 Å². The van der Waals surface area contributed by atoms with Crippen LogP contribution < -0.4 is 5.73 Å². The van der Waals surface area contributed by atoms with Crippen molar-refractivity contribution >= 4 is 12.4 Å². The monoisotopic (exact) mass is 201 g/mol. The first-order chi connectivity index (χ1) is 5.79. The van der Waals surface area contributed by atoms with Crippen LogP contribution in [0.4, 0.5) is 4.39 Å².